The Bertz CT molecular complexity index is 854. The first kappa shape index (κ1) is 17.5. The summed E-state index contributed by atoms with van der Waals surface area (Å²) in [7, 11) is 0. The van der Waals surface area contributed by atoms with Crippen LogP contribution in [0.5, 0.6) is 0 Å². The van der Waals surface area contributed by atoms with Gasteiger partial charge >= 0.3 is 0 Å². The Morgan fingerprint density at radius 2 is 1.92 bits per heavy atom. The Morgan fingerprint density at radius 1 is 1.16 bits per heavy atom. The fourth-order valence-corrected chi connectivity index (χ4v) is 3.53. The zero-order chi connectivity index (χ0) is 17.6. The molecule has 0 radical (unpaired) electrons. The van der Waals surface area contributed by atoms with E-state index in [9.17, 15) is 4.79 Å². The fraction of sp³-hybridized carbons (Fsp3) is 0.316. The van der Waals surface area contributed by atoms with Crippen LogP contribution >= 0.6 is 11.8 Å². The van der Waals surface area contributed by atoms with Gasteiger partial charge in [-0.05, 0) is 43.9 Å². The molecule has 2 heterocycles. The van der Waals surface area contributed by atoms with Crippen LogP contribution in [0.1, 0.15) is 17.8 Å². The molecule has 1 amide bonds. The highest BCUT2D eigenvalue weighted by Gasteiger charge is 2.06. The Kier molecular flexibility index (Phi) is 5.71. The fourth-order valence-electron chi connectivity index (χ4n) is 2.75. The molecule has 0 aliphatic heterocycles. The number of fused-ring (bicyclic) bond motifs is 1. The molecule has 1 aromatic carbocycles. The molecule has 2 aromatic heterocycles. The molecule has 0 aliphatic carbocycles. The van der Waals surface area contributed by atoms with Crippen LogP contribution in [0.25, 0.3) is 10.9 Å². The van der Waals surface area contributed by atoms with Gasteiger partial charge in [0.15, 0.2) is 5.16 Å². The van der Waals surface area contributed by atoms with Gasteiger partial charge in [-0.1, -0.05) is 30.0 Å². The van der Waals surface area contributed by atoms with E-state index in [4.69, 9.17) is 0 Å². The number of nitrogens with one attached hydrogen (secondary N) is 1. The highest BCUT2D eigenvalue weighted by molar-refractivity contribution is 7.99. The van der Waals surface area contributed by atoms with E-state index in [0.717, 1.165) is 24.4 Å². The standard InChI is InChI=1S/C19H22N4OS/c1-14-12-15(2)22-19(21-14)25-13-18(24)20-9-5-10-23-11-8-16-6-3-4-7-17(16)23/h3-4,6-8,11-12H,5,9-10,13H2,1-2H3,(H,20,24). The van der Waals surface area contributed by atoms with E-state index in [1.807, 2.05) is 32.0 Å². The molecule has 0 spiro atoms. The molecule has 6 heteroatoms. The summed E-state index contributed by atoms with van der Waals surface area (Å²) in [4.78, 5) is 20.6. The molecule has 0 saturated heterocycles. The van der Waals surface area contributed by atoms with Crippen LogP contribution in [-0.4, -0.2) is 32.7 Å². The van der Waals surface area contributed by atoms with E-state index < -0.39 is 0 Å². The van der Waals surface area contributed by atoms with Gasteiger partial charge in [-0.2, -0.15) is 0 Å². The van der Waals surface area contributed by atoms with Crippen LogP contribution in [-0.2, 0) is 11.3 Å². The SMILES string of the molecule is Cc1cc(C)nc(SCC(=O)NCCCn2ccc3ccccc32)n1. The molecule has 0 unspecified atom stereocenters. The Labute approximate surface area is 151 Å². The van der Waals surface area contributed by atoms with Crippen LogP contribution < -0.4 is 5.32 Å². The number of benzene rings is 1. The number of aryl methyl sites for hydroxylation is 3. The summed E-state index contributed by atoms with van der Waals surface area (Å²) in [6.07, 6.45) is 2.99. The summed E-state index contributed by atoms with van der Waals surface area (Å²) < 4.78 is 2.22. The summed E-state index contributed by atoms with van der Waals surface area (Å²) in [5, 5.41) is 4.87. The number of carbonyl (C=O) groups excluding carboxylic acids is 1. The highest BCUT2D eigenvalue weighted by atomic mass is 32.2. The van der Waals surface area contributed by atoms with E-state index in [2.05, 4.69) is 44.2 Å². The second kappa shape index (κ2) is 8.16. The third-order valence-electron chi connectivity index (χ3n) is 3.87. The summed E-state index contributed by atoms with van der Waals surface area (Å²) in [5.41, 5.74) is 3.08. The molecule has 3 rings (SSSR count). The van der Waals surface area contributed by atoms with Crippen molar-refractivity contribution in [2.45, 2.75) is 32.0 Å². The zero-order valence-electron chi connectivity index (χ0n) is 14.5. The molecular weight excluding hydrogens is 332 g/mol. The number of amides is 1. The Balaban J connectivity index is 1.40. The van der Waals surface area contributed by atoms with Crippen molar-refractivity contribution < 1.29 is 4.79 Å². The molecule has 130 valence electrons. The average Bonchev–Trinajstić information content (AvgIpc) is 2.99. The summed E-state index contributed by atoms with van der Waals surface area (Å²) in [6, 6.07) is 12.4. The van der Waals surface area contributed by atoms with Gasteiger partial charge in [0.2, 0.25) is 5.91 Å². The monoisotopic (exact) mass is 354 g/mol. The predicted octanol–water partition coefficient (Wildman–Crippen LogP) is 3.35. The van der Waals surface area contributed by atoms with E-state index in [-0.39, 0.29) is 5.91 Å². The van der Waals surface area contributed by atoms with Crippen LogP contribution in [0.4, 0.5) is 0 Å². The quantitative estimate of drug-likeness (QED) is 0.402. The van der Waals surface area contributed by atoms with Crippen molar-refractivity contribution in [2.24, 2.45) is 0 Å². The lowest BCUT2D eigenvalue weighted by molar-refractivity contribution is -0.118. The van der Waals surface area contributed by atoms with E-state index in [1.165, 1.54) is 22.7 Å². The number of nitrogens with zero attached hydrogens (tertiary/aromatic N) is 3. The van der Waals surface area contributed by atoms with Gasteiger partial charge in [-0.25, -0.2) is 9.97 Å². The Hall–Kier alpha value is -2.34. The van der Waals surface area contributed by atoms with Gasteiger partial charge in [-0.3, -0.25) is 4.79 Å². The minimum absolute atomic E-state index is 0.0186. The first-order valence-corrected chi connectivity index (χ1v) is 9.36. The maximum absolute atomic E-state index is 12.0. The van der Waals surface area contributed by atoms with Crippen LogP contribution in [0.2, 0.25) is 0 Å². The lowest BCUT2D eigenvalue weighted by atomic mass is 10.2. The van der Waals surface area contributed by atoms with Crippen molar-refractivity contribution in [3.63, 3.8) is 0 Å². The molecular formula is C19H22N4OS. The van der Waals surface area contributed by atoms with Crippen molar-refractivity contribution in [3.8, 4) is 0 Å². The minimum atomic E-state index is 0.0186. The minimum Gasteiger partial charge on any atom is -0.355 e. The van der Waals surface area contributed by atoms with Crippen molar-refractivity contribution in [3.05, 3.63) is 54.0 Å². The van der Waals surface area contributed by atoms with Crippen LogP contribution in [0.15, 0.2) is 47.8 Å². The lowest BCUT2D eigenvalue weighted by Gasteiger charge is -2.07. The topological polar surface area (TPSA) is 59.8 Å². The first-order chi connectivity index (χ1) is 12.1. The lowest BCUT2D eigenvalue weighted by Crippen LogP contribution is -2.26. The van der Waals surface area contributed by atoms with Crippen molar-refractivity contribution >= 4 is 28.6 Å². The number of hydrogen-bond acceptors (Lipinski definition) is 4. The third kappa shape index (κ3) is 4.82. The smallest absolute Gasteiger partial charge is 0.230 e. The van der Waals surface area contributed by atoms with Crippen molar-refractivity contribution in [1.82, 2.24) is 19.9 Å². The van der Waals surface area contributed by atoms with Gasteiger partial charge in [0, 0.05) is 36.2 Å². The number of carbonyl (C=O) groups is 1. The second-order valence-electron chi connectivity index (χ2n) is 5.99. The van der Waals surface area contributed by atoms with Crippen molar-refractivity contribution in [1.29, 1.82) is 0 Å². The molecule has 1 N–H and O–H groups in total. The molecule has 3 aromatic rings. The molecule has 25 heavy (non-hydrogen) atoms. The molecule has 0 bridgehead atoms. The molecule has 0 atom stereocenters. The molecule has 5 nitrogen and oxygen atoms in total. The number of aromatic nitrogens is 3. The Morgan fingerprint density at radius 3 is 2.72 bits per heavy atom. The predicted molar refractivity (Wildman–Crippen MR) is 102 cm³/mol. The van der Waals surface area contributed by atoms with Crippen LogP contribution in [0, 0.1) is 13.8 Å². The zero-order valence-corrected chi connectivity index (χ0v) is 15.3. The van der Waals surface area contributed by atoms with Gasteiger partial charge < -0.3 is 9.88 Å². The van der Waals surface area contributed by atoms with Gasteiger partial charge in [0.25, 0.3) is 0 Å². The van der Waals surface area contributed by atoms with Gasteiger partial charge in [-0.15, -0.1) is 0 Å². The summed E-state index contributed by atoms with van der Waals surface area (Å²) in [5.74, 6) is 0.361. The maximum Gasteiger partial charge on any atom is 0.230 e. The summed E-state index contributed by atoms with van der Waals surface area (Å²) >= 11 is 1.38. The number of thioether (sulfide) groups is 1. The highest BCUT2D eigenvalue weighted by Crippen LogP contribution is 2.15. The number of para-hydroxylation sites is 1. The van der Waals surface area contributed by atoms with Gasteiger partial charge in [0.1, 0.15) is 0 Å². The number of rotatable bonds is 7. The first-order valence-electron chi connectivity index (χ1n) is 8.37. The van der Waals surface area contributed by atoms with E-state index >= 15 is 0 Å². The maximum atomic E-state index is 12.0. The van der Waals surface area contributed by atoms with Crippen LogP contribution in [0.3, 0.4) is 0 Å². The molecule has 0 saturated carbocycles. The molecule has 0 aliphatic rings. The van der Waals surface area contributed by atoms with E-state index in [0.29, 0.717) is 17.5 Å². The largest absolute Gasteiger partial charge is 0.355 e. The average molecular weight is 354 g/mol. The second-order valence-corrected chi connectivity index (χ2v) is 6.94. The van der Waals surface area contributed by atoms with E-state index in [1.54, 1.807) is 0 Å². The number of hydrogen-bond donors (Lipinski definition) is 1. The van der Waals surface area contributed by atoms with Gasteiger partial charge in [0.05, 0.1) is 5.75 Å². The normalized spacial score (nSPS) is 11.0. The summed E-state index contributed by atoms with van der Waals surface area (Å²) in [6.45, 7) is 5.42. The third-order valence-corrected chi connectivity index (χ3v) is 4.72. The molecule has 0 fully saturated rings. The van der Waals surface area contributed by atoms with Crippen molar-refractivity contribution in [2.75, 3.05) is 12.3 Å².